The van der Waals surface area contributed by atoms with E-state index in [1.165, 1.54) is 0 Å². The fourth-order valence-corrected chi connectivity index (χ4v) is 5.57. The van der Waals surface area contributed by atoms with Gasteiger partial charge < -0.3 is 39.2 Å². The van der Waals surface area contributed by atoms with Crippen molar-refractivity contribution in [1.82, 2.24) is 19.6 Å². The van der Waals surface area contributed by atoms with Crippen LogP contribution in [0.3, 0.4) is 0 Å². The molecule has 0 amide bonds. The van der Waals surface area contributed by atoms with E-state index in [1.807, 2.05) is 104 Å². The number of aliphatic imine (C=N–C) groups is 4. The number of nitrogens with zero attached hydrogens (tertiary/aromatic N) is 12. The van der Waals surface area contributed by atoms with Gasteiger partial charge in [-0.05, 0) is 24.3 Å². The van der Waals surface area contributed by atoms with Crippen molar-refractivity contribution in [3.8, 4) is 0 Å². The van der Waals surface area contributed by atoms with Crippen molar-refractivity contribution in [2.75, 3.05) is 132 Å². The molecule has 2 aromatic rings. The molecule has 0 saturated heterocycles. The lowest BCUT2D eigenvalue weighted by molar-refractivity contribution is 0.606. The number of anilines is 4. The molecule has 0 saturated carbocycles. The molecular formula is C30H52N12. The van der Waals surface area contributed by atoms with Gasteiger partial charge in [0.25, 0.3) is 0 Å². The summed E-state index contributed by atoms with van der Waals surface area (Å²) in [5.74, 6) is 3.31. The molecule has 2 rings (SSSR count). The third-order valence-corrected chi connectivity index (χ3v) is 7.12. The predicted octanol–water partition coefficient (Wildman–Crippen LogP) is 2.77. The molecule has 42 heavy (non-hydrogen) atoms. The van der Waals surface area contributed by atoms with Crippen LogP contribution in [-0.2, 0) is 0 Å². The van der Waals surface area contributed by atoms with Crippen LogP contribution in [0.4, 0.5) is 22.7 Å². The molecule has 0 unspecified atom stereocenters. The molecule has 232 valence electrons. The first kappa shape index (κ1) is 34.0. The van der Waals surface area contributed by atoms with Crippen LogP contribution in [0.15, 0.2) is 44.2 Å². The van der Waals surface area contributed by atoms with Crippen molar-refractivity contribution in [2.24, 2.45) is 20.0 Å². The zero-order chi connectivity index (χ0) is 32.0. The lowest BCUT2D eigenvalue weighted by atomic mass is 10.00. The molecule has 2 aromatic carbocycles. The number of guanidine groups is 4. The smallest absolute Gasteiger partial charge is 0.200 e. The van der Waals surface area contributed by atoms with Crippen LogP contribution in [0.2, 0.25) is 0 Å². The van der Waals surface area contributed by atoms with E-state index in [0.29, 0.717) is 0 Å². The minimum Gasteiger partial charge on any atom is -0.349 e. The second-order valence-electron chi connectivity index (χ2n) is 10.9. The molecule has 0 atom stereocenters. The maximum Gasteiger partial charge on any atom is 0.200 e. The van der Waals surface area contributed by atoms with Gasteiger partial charge in [-0.1, -0.05) is 0 Å². The summed E-state index contributed by atoms with van der Waals surface area (Å²) in [6, 6.07) is 8.64. The average molecular weight is 581 g/mol. The second kappa shape index (κ2) is 14.1. The van der Waals surface area contributed by atoms with E-state index >= 15 is 0 Å². The highest BCUT2D eigenvalue weighted by Gasteiger charge is 2.27. The Hall–Kier alpha value is -4.22. The minimum atomic E-state index is 0.829. The molecule has 0 aliphatic carbocycles. The summed E-state index contributed by atoms with van der Waals surface area (Å²) in [5.41, 5.74) is 4.01. The van der Waals surface area contributed by atoms with Crippen molar-refractivity contribution >= 4 is 57.4 Å². The van der Waals surface area contributed by atoms with Crippen molar-refractivity contribution < 1.29 is 0 Å². The Morgan fingerprint density at radius 1 is 0.357 bits per heavy atom. The Bertz CT molecular complexity index is 1150. The topological polar surface area (TPSA) is 75.4 Å². The Balaban J connectivity index is 3.29. The highest BCUT2D eigenvalue weighted by Crippen LogP contribution is 2.45. The van der Waals surface area contributed by atoms with Gasteiger partial charge in [0.2, 0.25) is 0 Å². The molecular weight excluding hydrogens is 528 g/mol. The molecule has 0 N–H and O–H groups in total. The van der Waals surface area contributed by atoms with E-state index in [1.54, 1.807) is 0 Å². The van der Waals surface area contributed by atoms with Gasteiger partial charge in [-0.15, -0.1) is 0 Å². The summed E-state index contributed by atoms with van der Waals surface area (Å²) >= 11 is 0. The van der Waals surface area contributed by atoms with Crippen LogP contribution in [0.25, 0.3) is 10.8 Å². The van der Waals surface area contributed by atoms with Gasteiger partial charge in [-0.3, -0.25) is 20.0 Å². The first-order valence-electron chi connectivity index (χ1n) is 13.8. The third kappa shape index (κ3) is 6.47. The van der Waals surface area contributed by atoms with Gasteiger partial charge in [0.15, 0.2) is 23.8 Å². The van der Waals surface area contributed by atoms with Crippen LogP contribution in [0.1, 0.15) is 0 Å². The molecule has 0 bridgehead atoms. The molecule has 0 aliphatic heterocycles. The maximum absolute atomic E-state index is 4.62. The normalized spacial score (nSPS) is 12.9. The van der Waals surface area contributed by atoms with Gasteiger partial charge in [0.05, 0.1) is 22.7 Å². The molecule has 0 aromatic heterocycles. The first-order chi connectivity index (χ1) is 19.7. The number of rotatable bonds is 4. The van der Waals surface area contributed by atoms with Crippen molar-refractivity contribution in [3.63, 3.8) is 0 Å². The summed E-state index contributed by atoms with van der Waals surface area (Å²) < 4.78 is 0. The number of fused-ring (bicyclic) bond motifs is 1. The summed E-state index contributed by atoms with van der Waals surface area (Å²) in [4.78, 5) is 35.1. The fraction of sp³-hybridized carbons (Fsp3) is 0.533. The van der Waals surface area contributed by atoms with Crippen LogP contribution in [0, 0.1) is 0 Å². The van der Waals surface area contributed by atoms with Crippen LogP contribution >= 0.6 is 0 Å². The van der Waals surface area contributed by atoms with E-state index in [2.05, 4.69) is 92.0 Å². The molecule has 0 spiro atoms. The summed E-state index contributed by atoms with van der Waals surface area (Å²) in [6.45, 7) is 0. The standard InChI is InChI=1S/C30H52N12/c1-31-27(35(5)6)39(13)21-17-18-23(41(15)29(33-3)37(9)10)26-24(42(16)30(34-4)38(11)12)20-19-22(25(21)26)40(14)28(32-2)36(7)8/h17-20H,1-16H3. The van der Waals surface area contributed by atoms with E-state index in [-0.39, 0.29) is 0 Å². The fourth-order valence-electron chi connectivity index (χ4n) is 5.57. The highest BCUT2D eigenvalue weighted by molar-refractivity contribution is 6.23. The molecule has 0 aliphatic rings. The Morgan fingerprint density at radius 2 is 0.524 bits per heavy atom. The van der Waals surface area contributed by atoms with Crippen LogP contribution in [-0.4, -0.2) is 156 Å². The SMILES string of the molecule is CN=C(N(C)C)N(C)c1ccc(N(C)C(=NC)N(C)C)c2c(N(C)C(=NC)N(C)C)ccc(N(C)C(=NC)N(C)C)c12. The van der Waals surface area contributed by atoms with Gasteiger partial charge in [0.1, 0.15) is 0 Å². The molecule has 12 nitrogen and oxygen atoms in total. The zero-order valence-electron chi connectivity index (χ0n) is 28.7. The molecule has 0 radical (unpaired) electrons. The third-order valence-electron chi connectivity index (χ3n) is 7.12. The highest BCUT2D eigenvalue weighted by atomic mass is 15.4. The summed E-state index contributed by atoms with van der Waals surface area (Å²) in [5, 5.41) is 2.09. The number of benzene rings is 2. The summed E-state index contributed by atoms with van der Waals surface area (Å²) in [7, 11) is 31.5. The predicted molar refractivity (Wildman–Crippen MR) is 186 cm³/mol. The van der Waals surface area contributed by atoms with Crippen molar-refractivity contribution in [3.05, 3.63) is 24.3 Å². The molecule has 12 heteroatoms. The van der Waals surface area contributed by atoms with Crippen molar-refractivity contribution in [1.29, 1.82) is 0 Å². The van der Waals surface area contributed by atoms with E-state index in [4.69, 9.17) is 0 Å². The quantitative estimate of drug-likeness (QED) is 0.404. The number of hydrogen-bond donors (Lipinski definition) is 0. The van der Waals surface area contributed by atoms with Gasteiger partial charge in [0, 0.05) is 124 Å². The molecule has 0 heterocycles. The lowest BCUT2D eigenvalue weighted by Crippen LogP contribution is -2.41. The Labute approximate surface area is 253 Å². The monoisotopic (exact) mass is 580 g/mol. The zero-order valence-corrected chi connectivity index (χ0v) is 28.7. The lowest BCUT2D eigenvalue weighted by Gasteiger charge is -2.35. The second-order valence-corrected chi connectivity index (χ2v) is 10.9. The minimum absolute atomic E-state index is 0.829. The Kier molecular flexibility index (Phi) is 11.4. The molecule has 0 fully saturated rings. The number of hydrogen-bond acceptors (Lipinski definition) is 4. The van der Waals surface area contributed by atoms with E-state index in [0.717, 1.165) is 57.4 Å². The van der Waals surface area contributed by atoms with Gasteiger partial charge in [-0.2, -0.15) is 0 Å². The maximum atomic E-state index is 4.62. The first-order valence-corrected chi connectivity index (χ1v) is 13.8. The Morgan fingerprint density at radius 3 is 0.643 bits per heavy atom. The van der Waals surface area contributed by atoms with Crippen LogP contribution < -0.4 is 19.6 Å². The van der Waals surface area contributed by atoms with Crippen LogP contribution in [0.5, 0.6) is 0 Å². The summed E-state index contributed by atoms with van der Waals surface area (Å²) in [6.07, 6.45) is 0. The van der Waals surface area contributed by atoms with E-state index in [9.17, 15) is 0 Å². The van der Waals surface area contributed by atoms with E-state index < -0.39 is 0 Å². The van der Waals surface area contributed by atoms with Crippen molar-refractivity contribution in [2.45, 2.75) is 0 Å². The average Bonchev–Trinajstić information content (AvgIpc) is 2.92. The van der Waals surface area contributed by atoms with Gasteiger partial charge >= 0.3 is 0 Å². The largest absolute Gasteiger partial charge is 0.349 e. The van der Waals surface area contributed by atoms with Gasteiger partial charge in [-0.25, -0.2) is 0 Å².